The summed E-state index contributed by atoms with van der Waals surface area (Å²) in [7, 11) is 3.22. The number of imidazole rings is 1. The van der Waals surface area contributed by atoms with Crippen molar-refractivity contribution >= 4 is 17.3 Å². The molecule has 1 aliphatic heterocycles. The molecule has 2 aromatic heterocycles. The molecular formula is C29H29ClFN5O3. The van der Waals surface area contributed by atoms with Gasteiger partial charge in [0.1, 0.15) is 17.3 Å². The van der Waals surface area contributed by atoms with Crippen molar-refractivity contribution in [1.29, 1.82) is 0 Å². The number of anilines is 1. The first-order valence-electron chi connectivity index (χ1n) is 12.8. The van der Waals surface area contributed by atoms with Crippen LogP contribution in [0.5, 0.6) is 11.6 Å². The zero-order valence-corrected chi connectivity index (χ0v) is 22.5. The summed E-state index contributed by atoms with van der Waals surface area (Å²) >= 11 is 6.54. The van der Waals surface area contributed by atoms with Gasteiger partial charge in [-0.05, 0) is 61.1 Å². The number of aromatic nitrogens is 3. The van der Waals surface area contributed by atoms with E-state index in [0.29, 0.717) is 40.7 Å². The first-order chi connectivity index (χ1) is 18.7. The maximum Gasteiger partial charge on any atom is 0.332 e. The molecule has 8 nitrogen and oxygen atoms in total. The van der Waals surface area contributed by atoms with Crippen LogP contribution in [0.1, 0.15) is 19.3 Å². The van der Waals surface area contributed by atoms with Crippen LogP contribution >= 0.6 is 11.6 Å². The van der Waals surface area contributed by atoms with Gasteiger partial charge in [-0.25, -0.2) is 14.2 Å². The molecule has 1 aliphatic carbocycles. The lowest BCUT2D eigenvalue weighted by atomic mass is 9.91. The van der Waals surface area contributed by atoms with Crippen LogP contribution in [-0.4, -0.2) is 45.0 Å². The molecule has 1 saturated heterocycles. The highest BCUT2D eigenvalue weighted by molar-refractivity contribution is 6.32. The van der Waals surface area contributed by atoms with Crippen molar-refractivity contribution in [1.82, 2.24) is 14.1 Å². The van der Waals surface area contributed by atoms with Crippen molar-refractivity contribution in [3.05, 3.63) is 76.3 Å². The average molecular weight is 550 g/mol. The molecule has 0 amide bonds. The summed E-state index contributed by atoms with van der Waals surface area (Å²) in [6, 6.07) is 9.39. The van der Waals surface area contributed by atoms with Gasteiger partial charge in [-0.2, -0.15) is 0 Å². The molecule has 2 bridgehead atoms. The van der Waals surface area contributed by atoms with Crippen molar-refractivity contribution < 1.29 is 14.2 Å². The van der Waals surface area contributed by atoms with E-state index < -0.39 is 5.82 Å². The number of aromatic hydroxyl groups is 1. The van der Waals surface area contributed by atoms with Gasteiger partial charge in [-0.1, -0.05) is 17.7 Å². The average Bonchev–Trinajstić information content (AvgIpc) is 3.40. The molecule has 2 unspecified atom stereocenters. The van der Waals surface area contributed by atoms with Crippen LogP contribution in [0.15, 0.2) is 59.8 Å². The van der Waals surface area contributed by atoms with Crippen molar-refractivity contribution in [3.63, 3.8) is 0 Å². The number of pyridine rings is 1. The first-order valence-corrected chi connectivity index (χ1v) is 13.2. The van der Waals surface area contributed by atoms with Crippen LogP contribution in [0, 0.1) is 11.7 Å². The smallest absolute Gasteiger partial charge is 0.332 e. The minimum atomic E-state index is -0.522. The molecule has 202 valence electrons. The number of fused-ring (bicyclic) bond motifs is 2. The SMILES string of the molecule is COc1ncc(-c2cc(F)cc(-c3ccc(-n4ccn(C)c4=O)c(Cl)c3)c2O)cc1N1CC2CCC(N)(C2)C1. The van der Waals surface area contributed by atoms with E-state index in [2.05, 4.69) is 9.88 Å². The molecular weight excluding hydrogens is 521 g/mol. The molecule has 0 radical (unpaired) electrons. The van der Waals surface area contributed by atoms with Crippen LogP contribution in [-0.2, 0) is 7.05 Å². The van der Waals surface area contributed by atoms with E-state index in [0.717, 1.165) is 31.5 Å². The highest BCUT2D eigenvalue weighted by atomic mass is 35.5. The van der Waals surface area contributed by atoms with Crippen molar-refractivity contribution in [2.75, 3.05) is 25.1 Å². The first kappa shape index (κ1) is 25.5. The summed E-state index contributed by atoms with van der Waals surface area (Å²) in [6.07, 6.45) is 7.91. The number of aryl methyl sites for hydroxylation is 1. The Morgan fingerprint density at radius 2 is 1.92 bits per heavy atom. The van der Waals surface area contributed by atoms with Crippen molar-refractivity contribution in [2.45, 2.75) is 24.8 Å². The molecule has 10 heteroatoms. The van der Waals surface area contributed by atoms with E-state index in [1.807, 2.05) is 6.07 Å². The minimum Gasteiger partial charge on any atom is -0.507 e. The van der Waals surface area contributed by atoms with Crippen LogP contribution in [0.4, 0.5) is 10.1 Å². The molecule has 0 spiro atoms. The van der Waals surface area contributed by atoms with Gasteiger partial charge in [0.15, 0.2) is 0 Å². The number of halogens is 2. The molecule has 4 aromatic rings. The fourth-order valence-corrected chi connectivity index (χ4v) is 6.31. The lowest BCUT2D eigenvalue weighted by Gasteiger charge is -2.39. The number of methoxy groups -OCH3 is 1. The predicted octanol–water partition coefficient (Wildman–Crippen LogP) is 4.73. The van der Waals surface area contributed by atoms with E-state index in [9.17, 15) is 14.3 Å². The third-order valence-corrected chi connectivity index (χ3v) is 8.25. The maximum atomic E-state index is 15.0. The Morgan fingerprint density at radius 1 is 1.15 bits per heavy atom. The van der Waals surface area contributed by atoms with Crippen LogP contribution < -0.4 is 21.1 Å². The summed E-state index contributed by atoms with van der Waals surface area (Å²) in [4.78, 5) is 19.1. The topological polar surface area (TPSA) is 98.5 Å². The Morgan fingerprint density at radius 3 is 2.59 bits per heavy atom. The Hall–Kier alpha value is -3.82. The van der Waals surface area contributed by atoms with E-state index in [4.69, 9.17) is 22.1 Å². The predicted molar refractivity (Wildman–Crippen MR) is 149 cm³/mol. The number of phenolic OH excluding ortho intramolecular Hbond substituents is 1. The van der Waals surface area contributed by atoms with Crippen molar-refractivity contribution in [2.24, 2.45) is 18.7 Å². The van der Waals surface area contributed by atoms with Gasteiger partial charge >= 0.3 is 5.69 Å². The standard InChI is InChI=1S/C29H29ClFN5O3/c1-34-7-8-36(28(34)38)24-4-3-18(9-23(24)30)21-11-20(31)12-22(26(21)37)19-10-25(27(39-2)33-14-19)35-15-17-5-6-29(32,13-17)16-35/h3-4,7-12,14,17,37H,5-6,13,15-16,32H2,1-2H3. The Balaban J connectivity index is 1.40. The number of piperidine rings is 1. The zero-order valence-electron chi connectivity index (χ0n) is 21.7. The maximum absolute atomic E-state index is 15.0. The fourth-order valence-electron chi connectivity index (χ4n) is 6.04. The highest BCUT2D eigenvalue weighted by Gasteiger charge is 2.43. The number of benzene rings is 2. The van der Waals surface area contributed by atoms with Gasteiger partial charge in [-0.15, -0.1) is 0 Å². The summed E-state index contributed by atoms with van der Waals surface area (Å²) in [6.45, 7) is 1.52. The molecule has 3 N–H and O–H groups in total. The second-order valence-electron chi connectivity index (χ2n) is 10.7. The van der Waals surface area contributed by atoms with Gasteiger partial charge in [0, 0.05) is 61.0 Å². The number of rotatable bonds is 5. The molecule has 2 fully saturated rings. The van der Waals surface area contributed by atoms with E-state index in [-0.39, 0.29) is 27.6 Å². The van der Waals surface area contributed by atoms with Crippen LogP contribution in [0.25, 0.3) is 27.9 Å². The van der Waals surface area contributed by atoms with Crippen LogP contribution in [0.2, 0.25) is 5.02 Å². The summed E-state index contributed by atoms with van der Waals surface area (Å²) in [5.74, 6) is 0.333. The largest absolute Gasteiger partial charge is 0.507 e. The lowest BCUT2D eigenvalue weighted by Crippen LogP contribution is -2.53. The number of hydrogen-bond donors (Lipinski definition) is 2. The normalized spacial score (nSPS) is 20.4. The number of nitrogens with two attached hydrogens (primary N) is 1. The number of hydrogen-bond acceptors (Lipinski definition) is 6. The van der Waals surface area contributed by atoms with Gasteiger partial charge in [0.05, 0.1) is 17.8 Å². The molecule has 2 aliphatic rings. The van der Waals surface area contributed by atoms with Crippen LogP contribution in [0.3, 0.4) is 0 Å². The lowest BCUT2D eigenvalue weighted by molar-refractivity contribution is 0.354. The van der Waals surface area contributed by atoms with Gasteiger partial charge < -0.3 is 25.0 Å². The number of nitrogens with zero attached hydrogens (tertiary/aromatic N) is 4. The monoisotopic (exact) mass is 549 g/mol. The second kappa shape index (κ2) is 9.43. The van der Waals surface area contributed by atoms with Gasteiger partial charge in [0.25, 0.3) is 0 Å². The number of phenols is 1. The quantitative estimate of drug-likeness (QED) is 0.373. The van der Waals surface area contributed by atoms with Gasteiger partial charge in [-0.3, -0.25) is 4.57 Å². The Bertz CT molecular complexity index is 1650. The Kier molecular flexibility index (Phi) is 6.15. The van der Waals surface area contributed by atoms with E-state index >= 15 is 0 Å². The minimum absolute atomic E-state index is 0.107. The van der Waals surface area contributed by atoms with Gasteiger partial charge in [0.2, 0.25) is 5.88 Å². The summed E-state index contributed by atoms with van der Waals surface area (Å²) in [5.41, 5.74) is 9.03. The summed E-state index contributed by atoms with van der Waals surface area (Å²) < 4.78 is 23.4. The molecule has 39 heavy (non-hydrogen) atoms. The zero-order chi connectivity index (χ0) is 27.5. The van der Waals surface area contributed by atoms with E-state index in [1.165, 1.54) is 21.3 Å². The molecule has 2 atom stereocenters. The molecule has 3 heterocycles. The second-order valence-corrected chi connectivity index (χ2v) is 11.1. The third kappa shape index (κ3) is 4.45. The molecule has 6 rings (SSSR count). The molecule has 1 saturated carbocycles. The van der Waals surface area contributed by atoms with E-state index in [1.54, 1.807) is 50.9 Å². The Labute approximate surface area is 230 Å². The van der Waals surface area contributed by atoms with Crippen molar-refractivity contribution in [3.8, 4) is 39.6 Å². The number of ether oxygens (including phenoxy) is 1. The highest BCUT2D eigenvalue weighted by Crippen LogP contribution is 2.44. The molecule has 2 aromatic carbocycles. The fraction of sp³-hybridized carbons (Fsp3) is 0.310. The third-order valence-electron chi connectivity index (χ3n) is 7.95. The summed E-state index contributed by atoms with van der Waals surface area (Å²) in [5, 5.41) is 11.6.